The van der Waals surface area contributed by atoms with Crippen LogP contribution in [0.2, 0.25) is 0 Å². The molecule has 0 N–H and O–H groups in total. The number of halogens is 1. The molecule has 3 heterocycles. The summed E-state index contributed by atoms with van der Waals surface area (Å²) in [6, 6.07) is 8.34. The minimum atomic E-state index is -0.418. The second kappa shape index (κ2) is 7.69. The summed E-state index contributed by atoms with van der Waals surface area (Å²) < 4.78 is 8.64. The van der Waals surface area contributed by atoms with E-state index in [2.05, 4.69) is 44.1 Å². The number of likely N-dealkylation sites (tertiary alicyclic amines) is 1. The molecule has 8 heteroatoms. The first-order chi connectivity index (χ1) is 13.1. The third-order valence-corrected chi connectivity index (χ3v) is 7.24. The molecule has 1 fully saturated rings. The summed E-state index contributed by atoms with van der Waals surface area (Å²) in [5, 5.41) is 5.68. The predicted molar refractivity (Wildman–Crippen MR) is 109 cm³/mol. The third kappa shape index (κ3) is 3.66. The lowest BCUT2D eigenvalue weighted by atomic mass is 9.98. The normalized spacial score (nSPS) is 16.1. The van der Waals surface area contributed by atoms with E-state index in [0.29, 0.717) is 22.8 Å². The zero-order valence-corrected chi connectivity index (χ0v) is 17.7. The minimum Gasteiger partial charge on any atom is -0.464 e. The van der Waals surface area contributed by atoms with E-state index in [0.717, 1.165) is 37.1 Å². The maximum atomic E-state index is 11.8. The predicted octanol–water partition coefficient (Wildman–Crippen LogP) is 4.19. The molecular weight excluding hydrogens is 428 g/mol. The van der Waals surface area contributed by atoms with Crippen LogP contribution in [0.3, 0.4) is 0 Å². The van der Waals surface area contributed by atoms with Crippen molar-refractivity contribution < 1.29 is 9.53 Å². The number of aromatic nitrogens is 3. The van der Waals surface area contributed by atoms with Crippen LogP contribution in [0.4, 0.5) is 0 Å². The number of rotatable bonds is 4. The number of ether oxygens (including phenoxy) is 1. The monoisotopic (exact) mass is 448 g/mol. The lowest BCUT2D eigenvalue weighted by Gasteiger charge is -2.31. The Morgan fingerprint density at radius 3 is 2.78 bits per heavy atom. The van der Waals surface area contributed by atoms with Gasteiger partial charge in [-0.3, -0.25) is 9.58 Å². The van der Waals surface area contributed by atoms with Crippen LogP contribution in [0.15, 0.2) is 28.7 Å². The van der Waals surface area contributed by atoms with Crippen LogP contribution in [-0.4, -0.2) is 45.8 Å². The molecule has 142 valence electrons. The first-order valence-electron chi connectivity index (χ1n) is 8.96. The van der Waals surface area contributed by atoms with Crippen molar-refractivity contribution in [1.29, 1.82) is 0 Å². The number of esters is 1. The number of hydrogen-bond donors (Lipinski definition) is 0. The molecule has 0 bridgehead atoms. The fraction of sp³-hybridized carbons (Fsp3) is 0.421. The van der Waals surface area contributed by atoms with E-state index in [1.807, 2.05) is 29.0 Å². The van der Waals surface area contributed by atoms with Gasteiger partial charge in [0.1, 0.15) is 0 Å². The quantitative estimate of drug-likeness (QED) is 0.560. The summed E-state index contributed by atoms with van der Waals surface area (Å²) in [4.78, 5) is 19.0. The zero-order valence-electron chi connectivity index (χ0n) is 15.3. The second-order valence-corrected chi connectivity index (χ2v) is 8.65. The summed E-state index contributed by atoms with van der Waals surface area (Å²) in [6.07, 6.45) is 2.18. The van der Waals surface area contributed by atoms with Crippen molar-refractivity contribution in [1.82, 2.24) is 19.7 Å². The van der Waals surface area contributed by atoms with Crippen LogP contribution in [0.25, 0.3) is 10.2 Å². The van der Waals surface area contributed by atoms with Crippen molar-refractivity contribution >= 4 is 43.5 Å². The second-order valence-electron chi connectivity index (χ2n) is 6.79. The van der Waals surface area contributed by atoms with Crippen molar-refractivity contribution in [3.63, 3.8) is 0 Å². The first kappa shape index (κ1) is 18.6. The Balaban J connectivity index is 1.42. The SMILES string of the molecule is COC(=O)c1nn(CN2CCC(c3nc4ccccc4s3)CC2)c(C)c1Br. The van der Waals surface area contributed by atoms with Gasteiger partial charge in [-0.15, -0.1) is 11.3 Å². The van der Waals surface area contributed by atoms with Crippen LogP contribution in [0, 0.1) is 6.92 Å². The number of carbonyl (C=O) groups is 1. The third-order valence-electron chi connectivity index (χ3n) is 5.09. The number of thiazole rings is 1. The van der Waals surface area contributed by atoms with Crippen molar-refractivity contribution in [2.45, 2.75) is 32.4 Å². The molecule has 0 aliphatic carbocycles. The molecular formula is C19H21BrN4O2S. The molecule has 2 aromatic heterocycles. The zero-order chi connectivity index (χ0) is 19.0. The van der Waals surface area contributed by atoms with Gasteiger partial charge in [0.15, 0.2) is 5.69 Å². The number of hydrogen-bond acceptors (Lipinski definition) is 6. The highest BCUT2D eigenvalue weighted by molar-refractivity contribution is 9.10. The minimum absolute atomic E-state index is 0.333. The van der Waals surface area contributed by atoms with Crippen LogP contribution in [0.1, 0.15) is 39.9 Å². The highest BCUT2D eigenvalue weighted by Gasteiger charge is 2.25. The Hall–Kier alpha value is -1.77. The molecule has 1 aliphatic rings. The van der Waals surface area contributed by atoms with Gasteiger partial charge in [-0.2, -0.15) is 5.10 Å². The molecule has 0 radical (unpaired) electrons. The highest BCUT2D eigenvalue weighted by Crippen LogP contribution is 2.34. The molecule has 4 rings (SSSR count). The summed E-state index contributed by atoms with van der Waals surface area (Å²) in [5.74, 6) is 0.105. The number of piperidine rings is 1. The highest BCUT2D eigenvalue weighted by atomic mass is 79.9. The number of fused-ring (bicyclic) bond motifs is 1. The summed E-state index contributed by atoms with van der Waals surface area (Å²) in [6.45, 7) is 4.61. The van der Waals surface area contributed by atoms with E-state index in [1.165, 1.54) is 16.8 Å². The molecule has 6 nitrogen and oxygen atoms in total. The van der Waals surface area contributed by atoms with E-state index >= 15 is 0 Å². The average Bonchev–Trinajstić information content (AvgIpc) is 3.25. The van der Waals surface area contributed by atoms with Crippen LogP contribution < -0.4 is 0 Å². The van der Waals surface area contributed by atoms with Gasteiger partial charge in [0.25, 0.3) is 0 Å². The Morgan fingerprint density at radius 1 is 1.33 bits per heavy atom. The molecule has 1 aromatic carbocycles. The summed E-state index contributed by atoms with van der Waals surface area (Å²) >= 11 is 5.27. The van der Waals surface area contributed by atoms with Gasteiger partial charge in [0.2, 0.25) is 0 Å². The molecule has 0 saturated carbocycles. The van der Waals surface area contributed by atoms with E-state index in [1.54, 1.807) is 0 Å². The number of benzene rings is 1. The van der Waals surface area contributed by atoms with Crippen LogP contribution in [0.5, 0.6) is 0 Å². The van der Waals surface area contributed by atoms with Gasteiger partial charge in [-0.05, 0) is 47.8 Å². The van der Waals surface area contributed by atoms with Crippen molar-refractivity contribution in [2.75, 3.05) is 20.2 Å². The van der Waals surface area contributed by atoms with Crippen LogP contribution >= 0.6 is 27.3 Å². The van der Waals surface area contributed by atoms with Gasteiger partial charge in [-0.25, -0.2) is 9.78 Å². The van der Waals surface area contributed by atoms with Crippen molar-refractivity contribution in [2.24, 2.45) is 0 Å². The summed E-state index contributed by atoms with van der Waals surface area (Å²) in [7, 11) is 1.37. The average molecular weight is 449 g/mol. The van der Waals surface area contributed by atoms with E-state index in [9.17, 15) is 4.79 Å². The first-order valence-corrected chi connectivity index (χ1v) is 10.6. The lowest BCUT2D eigenvalue weighted by molar-refractivity contribution is 0.0590. The van der Waals surface area contributed by atoms with Gasteiger partial charge >= 0.3 is 5.97 Å². The van der Waals surface area contributed by atoms with Crippen molar-refractivity contribution in [3.05, 3.63) is 45.1 Å². The fourth-order valence-corrected chi connectivity index (χ4v) is 5.05. The Kier molecular flexibility index (Phi) is 5.29. The lowest BCUT2D eigenvalue weighted by Crippen LogP contribution is -2.35. The fourth-order valence-electron chi connectivity index (χ4n) is 3.46. The van der Waals surface area contributed by atoms with Gasteiger partial charge < -0.3 is 4.74 Å². The van der Waals surface area contributed by atoms with E-state index in [4.69, 9.17) is 9.72 Å². The maximum absolute atomic E-state index is 11.8. The van der Waals surface area contributed by atoms with E-state index in [-0.39, 0.29) is 0 Å². The standard InChI is InChI=1S/C19H21BrN4O2S/c1-12-16(20)17(19(25)26-2)22-24(12)11-23-9-7-13(8-10-23)18-21-14-5-3-4-6-15(14)27-18/h3-6,13H,7-11H2,1-2H3. The topological polar surface area (TPSA) is 60.2 Å². The number of nitrogens with zero attached hydrogens (tertiary/aromatic N) is 4. The summed E-state index contributed by atoms with van der Waals surface area (Å²) in [5.41, 5.74) is 2.37. The number of para-hydroxylation sites is 1. The van der Waals surface area contributed by atoms with Crippen molar-refractivity contribution in [3.8, 4) is 0 Å². The largest absolute Gasteiger partial charge is 0.464 e. The molecule has 1 aliphatic heterocycles. The molecule has 0 unspecified atom stereocenters. The molecule has 0 atom stereocenters. The molecule has 0 spiro atoms. The van der Waals surface area contributed by atoms with Crippen LogP contribution in [-0.2, 0) is 11.4 Å². The van der Waals surface area contributed by atoms with Gasteiger partial charge in [-0.1, -0.05) is 12.1 Å². The molecule has 27 heavy (non-hydrogen) atoms. The maximum Gasteiger partial charge on any atom is 0.359 e. The molecule has 0 amide bonds. The molecule has 3 aromatic rings. The Morgan fingerprint density at radius 2 is 2.07 bits per heavy atom. The Bertz CT molecular complexity index is 942. The number of carbonyl (C=O) groups excluding carboxylic acids is 1. The van der Waals surface area contributed by atoms with Gasteiger partial charge in [0.05, 0.1) is 39.2 Å². The Labute approximate surface area is 170 Å². The van der Waals surface area contributed by atoms with E-state index < -0.39 is 5.97 Å². The smallest absolute Gasteiger partial charge is 0.359 e. The number of methoxy groups -OCH3 is 1. The molecule has 1 saturated heterocycles. The van der Waals surface area contributed by atoms with Gasteiger partial charge in [0, 0.05) is 19.0 Å².